The van der Waals surface area contributed by atoms with Crippen LogP contribution >= 0.6 is 0 Å². The van der Waals surface area contributed by atoms with E-state index in [2.05, 4.69) is 17.1 Å². The normalized spacial score (nSPS) is 19.1. The number of amides is 1. The monoisotopic (exact) mass is 262 g/mol. The van der Waals surface area contributed by atoms with Gasteiger partial charge in [-0.05, 0) is 50.6 Å². The van der Waals surface area contributed by atoms with Gasteiger partial charge in [0.15, 0.2) is 0 Å². The molecule has 0 aliphatic carbocycles. The first kappa shape index (κ1) is 13.9. The molecule has 19 heavy (non-hydrogen) atoms. The van der Waals surface area contributed by atoms with Crippen molar-refractivity contribution in [2.75, 3.05) is 20.1 Å². The number of hydrogen-bond donors (Lipinski definition) is 2. The van der Waals surface area contributed by atoms with Gasteiger partial charge in [-0.2, -0.15) is 0 Å². The molecule has 1 heterocycles. The molecule has 2 N–H and O–H groups in total. The number of carbonyl (C=O) groups excluding carboxylic acids is 1. The number of likely N-dealkylation sites (tertiary alicyclic amines) is 1. The molecule has 104 valence electrons. The lowest BCUT2D eigenvalue weighted by Crippen LogP contribution is -2.40. The van der Waals surface area contributed by atoms with Gasteiger partial charge in [-0.25, -0.2) is 0 Å². The summed E-state index contributed by atoms with van der Waals surface area (Å²) in [6.07, 6.45) is 1.81. The highest BCUT2D eigenvalue weighted by molar-refractivity contribution is 5.78. The molecule has 1 amide bonds. The van der Waals surface area contributed by atoms with E-state index in [1.165, 1.54) is 0 Å². The molecule has 0 bridgehead atoms. The smallest absolute Gasteiger partial charge is 0.222 e. The first-order chi connectivity index (χ1) is 9.11. The van der Waals surface area contributed by atoms with Crippen LogP contribution in [0.2, 0.25) is 0 Å². The van der Waals surface area contributed by atoms with Crippen LogP contribution in [0, 0.1) is 5.92 Å². The topological polar surface area (TPSA) is 52.6 Å². The van der Waals surface area contributed by atoms with E-state index < -0.39 is 0 Å². The molecule has 1 atom stereocenters. The van der Waals surface area contributed by atoms with Gasteiger partial charge in [0.25, 0.3) is 0 Å². The zero-order chi connectivity index (χ0) is 13.8. The number of benzene rings is 1. The number of hydrogen-bond acceptors (Lipinski definition) is 3. The van der Waals surface area contributed by atoms with Crippen molar-refractivity contribution in [1.82, 2.24) is 10.2 Å². The van der Waals surface area contributed by atoms with E-state index in [1.54, 1.807) is 13.1 Å². The third-order valence-corrected chi connectivity index (χ3v) is 4.05. The average molecular weight is 262 g/mol. The molecule has 1 aliphatic heterocycles. The molecule has 0 saturated carbocycles. The molecule has 4 nitrogen and oxygen atoms in total. The van der Waals surface area contributed by atoms with Crippen LogP contribution in [-0.2, 0) is 4.79 Å². The van der Waals surface area contributed by atoms with Crippen molar-refractivity contribution >= 4 is 5.91 Å². The molecule has 2 rings (SSSR count). The highest BCUT2D eigenvalue weighted by Gasteiger charge is 2.27. The largest absolute Gasteiger partial charge is 0.508 e. The van der Waals surface area contributed by atoms with Crippen LogP contribution in [0.25, 0.3) is 0 Å². The van der Waals surface area contributed by atoms with Crippen molar-refractivity contribution in [2.24, 2.45) is 5.92 Å². The Morgan fingerprint density at radius 1 is 1.42 bits per heavy atom. The third-order valence-electron chi connectivity index (χ3n) is 4.05. The Balaban J connectivity index is 1.96. The number of phenolic OH excluding ortho intramolecular Hbond substituents is 1. The molecular weight excluding hydrogens is 240 g/mol. The number of nitrogens with one attached hydrogen (secondary N) is 1. The van der Waals surface area contributed by atoms with Crippen LogP contribution in [0.4, 0.5) is 0 Å². The number of carbonyl (C=O) groups is 1. The third kappa shape index (κ3) is 3.26. The molecule has 0 spiro atoms. The number of rotatable bonds is 3. The summed E-state index contributed by atoms with van der Waals surface area (Å²) in [5.41, 5.74) is 1.12. The molecule has 1 aliphatic rings. The lowest BCUT2D eigenvalue weighted by atomic mass is 9.94. The van der Waals surface area contributed by atoms with Gasteiger partial charge >= 0.3 is 0 Å². The summed E-state index contributed by atoms with van der Waals surface area (Å²) < 4.78 is 0. The van der Waals surface area contributed by atoms with E-state index in [0.29, 0.717) is 5.75 Å². The van der Waals surface area contributed by atoms with Gasteiger partial charge in [-0.3, -0.25) is 9.69 Å². The molecule has 0 aromatic heterocycles. The number of nitrogens with zero attached hydrogens (tertiary/aromatic N) is 1. The maximum absolute atomic E-state index is 11.6. The van der Waals surface area contributed by atoms with Crippen LogP contribution in [0.15, 0.2) is 24.3 Å². The number of phenols is 1. The van der Waals surface area contributed by atoms with Crippen molar-refractivity contribution < 1.29 is 9.90 Å². The van der Waals surface area contributed by atoms with Crippen molar-refractivity contribution in [3.05, 3.63) is 29.8 Å². The van der Waals surface area contributed by atoms with Gasteiger partial charge in [0.2, 0.25) is 5.91 Å². The maximum Gasteiger partial charge on any atom is 0.222 e. The number of piperidine rings is 1. The summed E-state index contributed by atoms with van der Waals surface area (Å²) in [6.45, 7) is 4.00. The zero-order valence-corrected chi connectivity index (χ0v) is 11.6. The van der Waals surface area contributed by atoms with E-state index in [0.717, 1.165) is 31.5 Å². The molecule has 4 heteroatoms. The minimum atomic E-state index is 0.151. The van der Waals surface area contributed by atoms with Gasteiger partial charge in [0.05, 0.1) is 0 Å². The highest BCUT2D eigenvalue weighted by atomic mass is 16.3. The SMILES string of the molecule is CNC(=O)C1CCN(C(C)c2cccc(O)c2)CC1. The summed E-state index contributed by atoms with van der Waals surface area (Å²) in [5, 5.41) is 12.3. The van der Waals surface area contributed by atoms with Crippen LogP contribution < -0.4 is 5.32 Å². The Bertz CT molecular complexity index is 440. The van der Waals surface area contributed by atoms with E-state index in [9.17, 15) is 9.90 Å². The zero-order valence-electron chi connectivity index (χ0n) is 11.6. The fourth-order valence-corrected chi connectivity index (χ4v) is 2.75. The maximum atomic E-state index is 11.6. The highest BCUT2D eigenvalue weighted by Crippen LogP contribution is 2.28. The summed E-state index contributed by atoms with van der Waals surface area (Å²) >= 11 is 0. The van der Waals surface area contributed by atoms with Gasteiger partial charge in [-0.1, -0.05) is 12.1 Å². The van der Waals surface area contributed by atoms with E-state index in [1.807, 2.05) is 18.2 Å². The van der Waals surface area contributed by atoms with Gasteiger partial charge in [0.1, 0.15) is 5.75 Å². The molecule has 1 unspecified atom stereocenters. The first-order valence-electron chi connectivity index (χ1n) is 6.86. The quantitative estimate of drug-likeness (QED) is 0.875. The Kier molecular flexibility index (Phi) is 4.43. The molecule has 1 saturated heterocycles. The fraction of sp³-hybridized carbons (Fsp3) is 0.533. The second kappa shape index (κ2) is 6.06. The first-order valence-corrected chi connectivity index (χ1v) is 6.86. The van der Waals surface area contributed by atoms with E-state index in [4.69, 9.17) is 0 Å². The lowest BCUT2D eigenvalue weighted by molar-refractivity contribution is -0.126. The van der Waals surface area contributed by atoms with Crippen molar-refractivity contribution in [3.8, 4) is 5.75 Å². The van der Waals surface area contributed by atoms with Crippen LogP contribution in [-0.4, -0.2) is 36.1 Å². The molecular formula is C15H22N2O2. The van der Waals surface area contributed by atoms with Gasteiger partial charge in [-0.15, -0.1) is 0 Å². The standard InChI is InChI=1S/C15H22N2O2/c1-11(13-4-3-5-14(18)10-13)17-8-6-12(7-9-17)15(19)16-2/h3-5,10-12,18H,6-9H2,1-2H3,(H,16,19). The lowest BCUT2D eigenvalue weighted by Gasteiger charge is -2.35. The predicted octanol–water partition coefficient (Wildman–Crippen LogP) is 1.91. The minimum Gasteiger partial charge on any atom is -0.508 e. The van der Waals surface area contributed by atoms with Crippen LogP contribution in [0.1, 0.15) is 31.4 Å². The van der Waals surface area contributed by atoms with Gasteiger partial charge < -0.3 is 10.4 Å². The minimum absolute atomic E-state index is 0.151. The van der Waals surface area contributed by atoms with Crippen molar-refractivity contribution in [2.45, 2.75) is 25.8 Å². The average Bonchev–Trinajstić information content (AvgIpc) is 2.46. The van der Waals surface area contributed by atoms with Crippen LogP contribution in [0.5, 0.6) is 5.75 Å². The summed E-state index contributed by atoms with van der Waals surface area (Å²) in [6, 6.07) is 7.69. The second-order valence-corrected chi connectivity index (χ2v) is 5.20. The second-order valence-electron chi connectivity index (χ2n) is 5.20. The summed E-state index contributed by atoms with van der Waals surface area (Å²) in [4.78, 5) is 14.0. The molecule has 1 fully saturated rings. The summed E-state index contributed by atoms with van der Waals surface area (Å²) in [7, 11) is 1.70. The Labute approximate surface area is 114 Å². The summed E-state index contributed by atoms with van der Waals surface area (Å²) in [5.74, 6) is 0.617. The number of aromatic hydroxyl groups is 1. The van der Waals surface area contributed by atoms with Crippen molar-refractivity contribution in [1.29, 1.82) is 0 Å². The Morgan fingerprint density at radius 2 is 2.11 bits per heavy atom. The van der Waals surface area contributed by atoms with E-state index in [-0.39, 0.29) is 17.9 Å². The fourth-order valence-electron chi connectivity index (χ4n) is 2.75. The molecule has 1 aromatic carbocycles. The molecule has 1 aromatic rings. The van der Waals surface area contributed by atoms with Crippen LogP contribution in [0.3, 0.4) is 0 Å². The Hall–Kier alpha value is -1.55. The Morgan fingerprint density at radius 3 is 2.68 bits per heavy atom. The van der Waals surface area contributed by atoms with Gasteiger partial charge in [0, 0.05) is 19.0 Å². The predicted molar refractivity (Wildman–Crippen MR) is 74.9 cm³/mol. The molecule has 0 radical (unpaired) electrons. The van der Waals surface area contributed by atoms with Crippen molar-refractivity contribution in [3.63, 3.8) is 0 Å². The van der Waals surface area contributed by atoms with E-state index >= 15 is 0 Å².